The van der Waals surface area contributed by atoms with Crippen LogP contribution in [0.1, 0.15) is 18.4 Å². The molecule has 0 aliphatic carbocycles. The smallest absolute Gasteiger partial charge is 0.101 e. The van der Waals surface area contributed by atoms with Crippen LogP contribution in [-0.4, -0.2) is 24.1 Å². The summed E-state index contributed by atoms with van der Waals surface area (Å²) in [6, 6.07) is 12.0. The van der Waals surface area contributed by atoms with Crippen LogP contribution >= 0.6 is 11.6 Å². The Hall–Kier alpha value is -2.25. The zero-order valence-corrected chi connectivity index (χ0v) is 12.9. The zero-order valence-electron chi connectivity index (χ0n) is 12.2. The zero-order chi connectivity index (χ0) is 15.4. The van der Waals surface area contributed by atoms with E-state index in [9.17, 15) is 0 Å². The average molecular weight is 313 g/mol. The number of nitrogens with zero attached hydrogens (tertiary/aromatic N) is 3. The van der Waals surface area contributed by atoms with Crippen LogP contribution in [0.5, 0.6) is 0 Å². The van der Waals surface area contributed by atoms with Crippen LogP contribution in [0.4, 0.5) is 11.4 Å². The first-order valence-corrected chi connectivity index (χ1v) is 7.75. The van der Waals surface area contributed by atoms with Gasteiger partial charge >= 0.3 is 0 Å². The summed E-state index contributed by atoms with van der Waals surface area (Å²) in [4.78, 5) is 6.54. The molecule has 1 aliphatic heterocycles. The number of rotatable bonds is 3. The van der Waals surface area contributed by atoms with E-state index in [4.69, 9.17) is 16.9 Å². The maximum absolute atomic E-state index is 8.92. The lowest BCUT2D eigenvalue weighted by Gasteiger charge is -2.35. The molecule has 5 heteroatoms. The van der Waals surface area contributed by atoms with Gasteiger partial charge in [-0.05, 0) is 43.2 Å². The molecule has 112 valence electrons. The van der Waals surface area contributed by atoms with E-state index in [0.29, 0.717) is 16.6 Å². The lowest BCUT2D eigenvalue weighted by molar-refractivity contribution is 0.530. The van der Waals surface area contributed by atoms with Crippen molar-refractivity contribution >= 4 is 23.0 Å². The van der Waals surface area contributed by atoms with E-state index in [1.165, 1.54) is 0 Å². The molecule has 1 fully saturated rings. The van der Waals surface area contributed by atoms with Gasteiger partial charge in [0, 0.05) is 31.0 Å². The molecule has 0 unspecified atom stereocenters. The Kier molecular flexibility index (Phi) is 4.45. The van der Waals surface area contributed by atoms with E-state index in [2.05, 4.69) is 27.3 Å². The first-order valence-electron chi connectivity index (χ1n) is 7.37. The molecule has 1 N–H and O–H groups in total. The SMILES string of the molecule is N#Cc1ccc(N[C@@H]2CCCN(c3cccnc3)C2)cc1Cl. The van der Waals surface area contributed by atoms with E-state index in [0.717, 1.165) is 37.3 Å². The number of pyridine rings is 1. The molecular weight excluding hydrogens is 296 g/mol. The number of nitriles is 1. The summed E-state index contributed by atoms with van der Waals surface area (Å²) in [5.74, 6) is 0. The molecule has 2 heterocycles. The van der Waals surface area contributed by atoms with Crippen LogP contribution in [0.15, 0.2) is 42.7 Å². The fourth-order valence-electron chi connectivity index (χ4n) is 2.80. The maximum Gasteiger partial charge on any atom is 0.101 e. The highest BCUT2D eigenvalue weighted by Gasteiger charge is 2.20. The molecule has 1 saturated heterocycles. The molecule has 0 saturated carbocycles. The van der Waals surface area contributed by atoms with Crippen molar-refractivity contribution in [1.29, 1.82) is 5.26 Å². The Bertz CT molecular complexity index is 681. The van der Waals surface area contributed by atoms with Gasteiger partial charge in [0.25, 0.3) is 0 Å². The molecule has 0 bridgehead atoms. The first-order chi connectivity index (χ1) is 10.8. The fourth-order valence-corrected chi connectivity index (χ4v) is 3.02. The predicted octanol–water partition coefficient (Wildman–Crippen LogP) is 3.69. The van der Waals surface area contributed by atoms with Gasteiger partial charge in [-0.25, -0.2) is 0 Å². The fraction of sp³-hybridized carbons (Fsp3) is 0.294. The minimum absolute atomic E-state index is 0.359. The number of piperidine rings is 1. The average Bonchev–Trinajstić information content (AvgIpc) is 2.56. The van der Waals surface area contributed by atoms with E-state index < -0.39 is 0 Å². The number of anilines is 2. The number of hydrogen-bond acceptors (Lipinski definition) is 4. The lowest BCUT2D eigenvalue weighted by atomic mass is 10.0. The summed E-state index contributed by atoms with van der Waals surface area (Å²) in [5, 5.41) is 12.9. The Labute approximate surface area is 135 Å². The standard InChI is InChI=1S/C17H17ClN4/c18-17-9-14(6-5-13(17)10-19)21-15-3-2-8-22(12-15)16-4-1-7-20-11-16/h1,4-7,9,11,15,21H,2-3,8,12H2/t15-/m1/s1. The van der Waals surface area contributed by atoms with Crippen LogP contribution in [-0.2, 0) is 0 Å². The lowest BCUT2D eigenvalue weighted by Crippen LogP contribution is -2.42. The van der Waals surface area contributed by atoms with E-state index >= 15 is 0 Å². The van der Waals surface area contributed by atoms with Gasteiger partial charge in [-0.2, -0.15) is 5.26 Å². The minimum atomic E-state index is 0.359. The van der Waals surface area contributed by atoms with Crippen molar-refractivity contribution in [3.05, 3.63) is 53.3 Å². The summed E-state index contributed by atoms with van der Waals surface area (Å²) in [6.45, 7) is 1.99. The van der Waals surface area contributed by atoms with Gasteiger partial charge in [-0.1, -0.05) is 11.6 Å². The molecule has 2 aromatic rings. The molecule has 1 aromatic heterocycles. The van der Waals surface area contributed by atoms with Crippen molar-refractivity contribution in [3.63, 3.8) is 0 Å². The van der Waals surface area contributed by atoms with Gasteiger partial charge in [0.2, 0.25) is 0 Å². The Balaban J connectivity index is 1.68. The second kappa shape index (κ2) is 6.67. The van der Waals surface area contributed by atoms with Gasteiger partial charge in [0.15, 0.2) is 0 Å². The number of benzene rings is 1. The topological polar surface area (TPSA) is 52.0 Å². The third-order valence-electron chi connectivity index (χ3n) is 3.89. The molecule has 1 atom stereocenters. The summed E-state index contributed by atoms with van der Waals surface area (Å²) in [7, 11) is 0. The van der Waals surface area contributed by atoms with E-state index in [1.54, 1.807) is 12.3 Å². The molecule has 3 rings (SSSR count). The largest absolute Gasteiger partial charge is 0.380 e. The van der Waals surface area contributed by atoms with Crippen molar-refractivity contribution in [2.24, 2.45) is 0 Å². The number of aromatic nitrogens is 1. The van der Waals surface area contributed by atoms with Crippen LogP contribution < -0.4 is 10.2 Å². The number of hydrogen-bond donors (Lipinski definition) is 1. The Morgan fingerprint density at radius 3 is 3.00 bits per heavy atom. The normalized spacial score (nSPS) is 17.8. The van der Waals surface area contributed by atoms with Gasteiger partial charge in [0.1, 0.15) is 6.07 Å². The molecular formula is C17H17ClN4. The van der Waals surface area contributed by atoms with Crippen molar-refractivity contribution in [2.75, 3.05) is 23.3 Å². The van der Waals surface area contributed by atoms with Crippen LogP contribution in [0.25, 0.3) is 0 Å². The van der Waals surface area contributed by atoms with E-state index in [-0.39, 0.29) is 0 Å². The summed E-state index contributed by atoms with van der Waals surface area (Å²) >= 11 is 6.09. The van der Waals surface area contributed by atoms with Gasteiger partial charge < -0.3 is 10.2 Å². The number of nitrogens with one attached hydrogen (secondary N) is 1. The van der Waals surface area contributed by atoms with Crippen molar-refractivity contribution in [1.82, 2.24) is 4.98 Å². The van der Waals surface area contributed by atoms with Gasteiger partial charge in [-0.3, -0.25) is 4.98 Å². The van der Waals surface area contributed by atoms with Crippen LogP contribution in [0.2, 0.25) is 5.02 Å². The highest BCUT2D eigenvalue weighted by molar-refractivity contribution is 6.32. The third kappa shape index (κ3) is 3.32. The second-order valence-corrected chi connectivity index (χ2v) is 5.85. The molecule has 4 nitrogen and oxygen atoms in total. The van der Waals surface area contributed by atoms with Crippen molar-refractivity contribution in [2.45, 2.75) is 18.9 Å². The molecule has 0 amide bonds. The molecule has 22 heavy (non-hydrogen) atoms. The van der Waals surface area contributed by atoms with Crippen LogP contribution in [0, 0.1) is 11.3 Å². The highest BCUT2D eigenvalue weighted by Crippen LogP contribution is 2.24. The summed E-state index contributed by atoms with van der Waals surface area (Å²) in [6.07, 6.45) is 5.95. The minimum Gasteiger partial charge on any atom is -0.380 e. The van der Waals surface area contributed by atoms with Crippen molar-refractivity contribution in [3.8, 4) is 6.07 Å². The van der Waals surface area contributed by atoms with Gasteiger partial charge in [0.05, 0.1) is 22.5 Å². The Morgan fingerprint density at radius 1 is 1.36 bits per heavy atom. The van der Waals surface area contributed by atoms with E-state index in [1.807, 2.05) is 24.4 Å². The first kappa shape index (κ1) is 14.7. The third-order valence-corrected chi connectivity index (χ3v) is 4.21. The molecule has 0 spiro atoms. The van der Waals surface area contributed by atoms with Crippen molar-refractivity contribution < 1.29 is 0 Å². The van der Waals surface area contributed by atoms with Gasteiger partial charge in [-0.15, -0.1) is 0 Å². The second-order valence-electron chi connectivity index (χ2n) is 5.45. The quantitative estimate of drug-likeness (QED) is 0.939. The number of halogens is 1. The van der Waals surface area contributed by atoms with Crippen LogP contribution in [0.3, 0.4) is 0 Å². The molecule has 0 radical (unpaired) electrons. The molecule has 1 aliphatic rings. The monoisotopic (exact) mass is 312 g/mol. The summed E-state index contributed by atoms with van der Waals surface area (Å²) in [5.41, 5.74) is 2.63. The highest BCUT2D eigenvalue weighted by atomic mass is 35.5. The predicted molar refractivity (Wildman–Crippen MR) is 89.3 cm³/mol. The molecule has 1 aromatic carbocycles. The maximum atomic E-state index is 8.92. The Morgan fingerprint density at radius 2 is 2.27 bits per heavy atom. The summed E-state index contributed by atoms with van der Waals surface area (Å²) < 4.78 is 0.